The van der Waals surface area contributed by atoms with E-state index in [0.717, 1.165) is 17.5 Å². The molecule has 2 atom stereocenters. The molecule has 94 valence electrons. The van der Waals surface area contributed by atoms with Gasteiger partial charge in [-0.15, -0.1) is 0 Å². The minimum absolute atomic E-state index is 0.0699. The smallest absolute Gasteiger partial charge is 0.0855 e. The molecule has 0 bridgehead atoms. The van der Waals surface area contributed by atoms with Crippen molar-refractivity contribution >= 4 is 0 Å². The standard InChI is InChI=1S/C16H19NO/c1-3-13-4-6-15(7-5-13)16(18)12(2)14-8-10-17-11-9-14/h4-12,16,18H,3H2,1-2H3. The molecule has 0 saturated carbocycles. The van der Waals surface area contributed by atoms with Crippen molar-refractivity contribution in [3.8, 4) is 0 Å². The molecule has 2 rings (SSSR count). The molecule has 2 unspecified atom stereocenters. The van der Waals surface area contributed by atoms with E-state index in [2.05, 4.69) is 24.0 Å². The lowest BCUT2D eigenvalue weighted by Crippen LogP contribution is -2.07. The Balaban J connectivity index is 2.17. The normalized spacial score (nSPS) is 14.2. The second-order valence-corrected chi connectivity index (χ2v) is 4.61. The fourth-order valence-corrected chi connectivity index (χ4v) is 2.09. The average molecular weight is 241 g/mol. The first-order chi connectivity index (χ1) is 8.72. The number of aliphatic hydroxyl groups excluding tert-OH is 1. The highest BCUT2D eigenvalue weighted by Crippen LogP contribution is 2.30. The zero-order valence-corrected chi connectivity index (χ0v) is 10.9. The van der Waals surface area contributed by atoms with E-state index in [1.807, 2.05) is 31.2 Å². The van der Waals surface area contributed by atoms with Crippen LogP contribution in [-0.4, -0.2) is 10.1 Å². The summed E-state index contributed by atoms with van der Waals surface area (Å²) >= 11 is 0. The van der Waals surface area contributed by atoms with Crippen LogP contribution in [0.15, 0.2) is 48.8 Å². The van der Waals surface area contributed by atoms with Gasteiger partial charge in [0.15, 0.2) is 0 Å². The van der Waals surface area contributed by atoms with E-state index >= 15 is 0 Å². The topological polar surface area (TPSA) is 33.1 Å². The van der Waals surface area contributed by atoms with Crippen LogP contribution in [0.25, 0.3) is 0 Å². The lowest BCUT2D eigenvalue weighted by Gasteiger charge is -2.19. The largest absolute Gasteiger partial charge is 0.388 e. The number of nitrogens with zero attached hydrogens (tertiary/aromatic N) is 1. The number of rotatable bonds is 4. The van der Waals surface area contributed by atoms with Crippen LogP contribution < -0.4 is 0 Å². The van der Waals surface area contributed by atoms with E-state index in [1.54, 1.807) is 12.4 Å². The molecule has 1 aromatic heterocycles. The molecule has 18 heavy (non-hydrogen) atoms. The Hall–Kier alpha value is -1.67. The number of aryl methyl sites for hydroxylation is 1. The van der Waals surface area contributed by atoms with Crippen LogP contribution in [0.5, 0.6) is 0 Å². The molecule has 0 aliphatic heterocycles. The van der Waals surface area contributed by atoms with Crippen LogP contribution in [0.3, 0.4) is 0 Å². The van der Waals surface area contributed by atoms with E-state index in [4.69, 9.17) is 0 Å². The van der Waals surface area contributed by atoms with E-state index in [9.17, 15) is 5.11 Å². The van der Waals surface area contributed by atoms with Gasteiger partial charge in [0, 0.05) is 18.3 Å². The van der Waals surface area contributed by atoms with Crippen molar-refractivity contribution in [3.63, 3.8) is 0 Å². The van der Waals surface area contributed by atoms with Crippen molar-refractivity contribution in [1.29, 1.82) is 0 Å². The van der Waals surface area contributed by atoms with Gasteiger partial charge >= 0.3 is 0 Å². The van der Waals surface area contributed by atoms with Crippen LogP contribution >= 0.6 is 0 Å². The summed E-state index contributed by atoms with van der Waals surface area (Å²) in [4.78, 5) is 4.00. The fourth-order valence-electron chi connectivity index (χ4n) is 2.09. The molecule has 1 heterocycles. The summed E-state index contributed by atoms with van der Waals surface area (Å²) in [5.41, 5.74) is 3.37. The second kappa shape index (κ2) is 5.78. The van der Waals surface area contributed by atoms with E-state index in [-0.39, 0.29) is 5.92 Å². The van der Waals surface area contributed by atoms with Gasteiger partial charge in [-0.2, -0.15) is 0 Å². The lowest BCUT2D eigenvalue weighted by atomic mass is 9.91. The maximum atomic E-state index is 10.4. The molecular weight excluding hydrogens is 222 g/mol. The molecule has 1 N–H and O–H groups in total. The lowest BCUT2D eigenvalue weighted by molar-refractivity contribution is 0.151. The predicted molar refractivity (Wildman–Crippen MR) is 73.4 cm³/mol. The second-order valence-electron chi connectivity index (χ2n) is 4.61. The fraction of sp³-hybridized carbons (Fsp3) is 0.312. The number of hydrogen-bond donors (Lipinski definition) is 1. The highest BCUT2D eigenvalue weighted by Gasteiger charge is 2.17. The Morgan fingerprint density at radius 2 is 1.61 bits per heavy atom. The van der Waals surface area contributed by atoms with E-state index in [0.29, 0.717) is 0 Å². The number of pyridine rings is 1. The van der Waals surface area contributed by atoms with E-state index in [1.165, 1.54) is 5.56 Å². The van der Waals surface area contributed by atoms with Crippen molar-refractivity contribution in [2.24, 2.45) is 0 Å². The Morgan fingerprint density at radius 3 is 2.17 bits per heavy atom. The van der Waals surface area contributed by atoms with Crippen LogP contribution in [0.2, 0.25) is 0 Å². The number of aliphatic hydroxyl groups is 1. The average Bonchev–Trinajstić information content (AvgIpc) is 2.47. The minimum Gasteiger partial charge on any atom is -0.388 e. The van der Waals surface area contributed by atoms with Gasteiger partial charge < -0.3 is 5.11 Å². The zero-order chi connectivity index (χ0) is 13.0. The van der Waals surface area contributed by atoms with Gasteiger partial charge in [-0.25, -0.2) is 0 Å². The molecule has 0 aliphatic rings. The molecule has 0 amide bonds. The van der Waals surface area contributed by atoms with Crippen LogP contribution in [0.1, 0.15) is 42.6 Å². The molecule has 0 aliphatic carbocycles. The number of benzene rings is 1. The van der Waals surface area contributed by atoms with Crippen LogP contribution in [-0.2, 0) is 6.42 Å². The SMILES string of the molecule is CCc1ccc(C(O)C(C)c2ccncc2)cc1. The van der Waals surface area contributed by atoms with Gasteiger partial charge in [0.1, 0.15) is 0 Å². The molecule has 0 radical (unpaired) electrons. The number of hydrogen-bond acceptors (Lipinski definition) is 2. The molecule has 0 spiro atoms. The highest BCUT2D eigenvalue weighted by atomic mass is 16.3. The monoisotopic (exact) mass is 241 g/mol. The molecule has 2 heteroatoms. The zero-order valence-electron chi connectivity index (χ0n) is 10.9. The minimum atomic E-state index is -0.474. The van der Waals surface area contributed by atoms with Crippen molar-refractivity contribution in [1.82, 2.24) is 4.98 Å². The van der Waals surface area contributed by atoms with Crippen LogP contribution in [0, 0.1) is 0 Å². The Morgan fingerprint density at radius 1 is 1.00 bits per heavy atom. The predicted octanol–water partition coefficient (Wildman–Crippen LogP) is 3.48. The summed E-state index contributed by atoms with van der Waals surface area (Å²) in [7, 11) is 0. The first kappa shape index (κ1) is 12.8. The van der Waals surface area contributed by atoms with Gasteiger partial charge in [0.05, 0.1) is 6.10 Å². The van der Waals surface area contributed by atoms with Gasteiger partial charge in [-0.3, -0.25) is 4.98 Å². The highest BCUT2D eigenvalue weighted by molar-refractivity contribution is 5.27. The maximum absolute atomic E-state index is 10.4. The Labute approximate surface area is 108 Å². The third-order valence-corrected chi connectivity index (χ3v) is 3.43. The Kier molecular flexibility index (Phi) is 4.11. The van der Waals surface area contributed by atoms with Gasteiger partial charge in [-0.05, 0) is 35.2 Å². The van der Waals surface area contributed by atoms with Crippen molar-refractivity contribution in [2.75, 3.05) is 0 Å². The molecule has 1 aromatic carbocycles. The third-order valence-electron chi connectivity index (χ3n) is 3.43. The Bertz CT molecular complexity index is 478. The quantitative estimate of drug-likeness (QED) is 0.889. The first-order valence-electron chi connectivity index (χ1n) is 6.39. The first-order valence-corrected chi connectivity index (χ1v) is 6.39. The summed E-state index contributed by atoms with van der Waals surface area (Å²) in [6.07, 6.45) is 4.08. The third kappa shape index (κ3) is 2.77. The van der Waals surface area contributed by atoms with Crippen molar-refractivity contribution in [2.45, 2.75) is 32.3 Å². The van der Waals surface area contributed by atoms with Gasteiger partial charge in [0.25, 0.3) is 0 Å². The van der Waals surface area contributed by atoms with Gasteiger partial charge in [-0.1, -0.05) is 38.1 Å². The van der Waals surface area contributed by atoms with Crippen LogP contribution in [0.4, 0.5) is 0 Å². The molecule has 0 fully saturated rings. The maximum Gasteiger partial charge on any atom is 0.0855 e. The van der Waals surface area contributed by atoms with E-state index < -0.39 is 6.10 Å². The summed E-state index contributed by atoms with van der Waals surface area (Å²) in [5, 5.41) is 10.4. The van der Waals surface area contributed by atoms with Crippen molar-refractivity contribution in [3.05, 3.63) is 65.5 Å². The summed E-state index contributed by atoms with van der Waals surface area (Å²) < 4.78 is 0. The summed E-state index contributed by atoms with van der Waals surface area (Å²) in [6.45, 7) is 4.17. The van der Waals surface area contributed by atoms with Crippen molar-refractivity contribution < 1.29 is 5.11 Å². The van der Waals surface area contributed by atoms with Gasteiger partial charge in [0.2, 0.25) is 0 Å². The molecule has 2 nitrogen and oxygen atoms in total. The summed E-state index contributed by atoms with van der Waals surface area (Å²) in [5.74, 6) is 0.0699. The molecule has 2 aromatic rings. The molecular formula is C16H19NO. The molecule has 0 saturated heterocycles. The summed E-state index contributed by atoms with van der Waals surface area (Å²) in [6, 6.07) is 12.1. The number of aromatic nitrogens is 1.